The zero-order valence-corrected chi connectivity index (χ0v) is 19.1. The monoisotopic (exact) mass is 427 g/mol. The normalized spacial score (nSPS) is 12.0. The van der Waals surface area contributed by atoms with Gasteiger partial charge in [-0.25, -0.2) is 4.98 Å². The number of nitrogens with zero attached hydrogens (tertiary/aromatic N) is 2. The highest BCUT2D eigenvalue weighted by molar-refractivity contribution is 5.94. The predicted molar refractivity (Wildman–Crippen MR) is 128 cm³/mol. The fourth-order valence-electron chi connectivity index (χ4n) is 4.00. The average molecular weight is 428 g/mol. The Kier molecular flexibility index (Phi) is 6.26. The summed E-state index contributed by atoms with van der Waals surface area (Å²) >= 11 is 0. The maximum Gasteiger partial charge on any atom is 0.251 e. The van der Waals surface area contributed by atoms with Gasteiger partial charge < -0.3 is 14.6 Å². The first-order valence-corrected chi connectivity index (χ1v) is 10.9. The van der Waals surface area contributed by atoms with Crippen LogP contribution in [0, 0.1) is 20.8 Å². The van der Waals surface area contributed by atoms with E-state index in [0.717, 1.165) is 33.7 Å². The second kappa shape index (κ2) is 9.27. The van der Waals surface area contributed by atoms with Gasteiger partial charge in [0.1, 0.15) is 18.2 Å². The van der Waals surface area contributed by atoms with Gasteiger partial charge in [-0.1, -0.05) is 47.5 Å². The van der Waals surface area contributed by atoms with E-state index in [1.807, 2.05) is 62.4 Å². The third kappa shape index (κ3) is 4.67. The van der Waals surface area contributed by atoms with Crippen LogP contribution in [0.3, 0.4) is 0 Å². The van der Waals surface area contributed by atoms with Crippen molar-refractivity contribution >= 4 is 16.9 Å². The zero-order valence-electron chi connectivity index (χ0n) is 19.1. The van der Waals surface area contributed by atoms with Crippen molar-refractivity contribution in [1.29, 1.82) is 0 Å². The third-order valence-corrected chi connectivity index (χ3v) is 5.60. The van der Waals surface area contributed by atoms with E-state index < -0.39 is 0 Å². The maximum atomic E-state index is 12.8. The van der Waals surface area contributed by atoms with Crippen LogP contribution < -0.4 is 10.1 Å². The van der Waals surface area contributed by atoms with E-state index in [1.165, 1.54) is 5.56 Å². The molecule has 1 atom stereocenters. The molecule has 32 heavy (non-hydrogen) atoms. The zero-order chi connectivity index (χ0) is 22.7. The van der Waals surface area contributed by atoms with Crippen LogP contribution in [0.4, 0.5) is 0 Å². The third-order valence-electron chi connectivity index (χ3n) is 5.60. The van der Waals surface area contributed by atoms with Gasteiger partial charge in [-0.05, 0) is 63.6 Å². The number of imidazole rings is 1. The summed E-state index contributed by atoms with van der Waals surface area (Å²) in [5, 5.41) is 3.10. The second-order valence-corrected chi connectivity index (χ2v) is 8.29. The van der Waals surface area contributed by atoms with E-state index in [2.05, 4.69) is 41.9 Å². The van der Waals surface area contributed by atoms with Crippen LogP contribution in [0.25, 0.3) is 11.0 Å². The fraction of sp³-hybridized carbons (Fsp3) is 0.259. The Balaban J connectivity index is 1.54. The molecule has 164 valence electrons. The summed E-state index contributed by atoms with van der Waals surface area (Å²) in [6.45, 7) is 9.23. The number of nitrogens with one attached hydrogen (secondary N) is 1. The Morgan fingerprint density at radius 2 is 1.78 bits per heavy atom. The van der Waals surface area contributed by atoms with Crippen LogP contribution >= 0.6 is 0 Å². The first-order chi connectivity index (χ1) is 15.4. The Hall–Kier alpha value is -3.60. The quantitative estimate of drug-likeness (QED) is 0.422. The lowest BCUT2D eigenvalue weighted by atomic mass is 10.1. The largest absolute Gasteiger partial charge is 0.491 e. The molecule has 3 aromatic carbocycles. The maximum absolute atomic E-state index is 12.8. The standard InChI is InChI=1S/C27H29N3O2/c1-18-8-7-9-22(17-18)27(31)28-21(4)26-29-23-10-5-6-11-24(23)30(26)14-15-32-25-13-12-19(2)16-20(25)3/h5-13,16-17,21H,14-15H2,1-4H3,(H,28,31). The van der Waals surface area contributed by atoms with E-state index >= 15 is 0 Å². The van der Waals surface area contributed by atoms with Crippen LogP contribution in [-0.2, 0) is 6.54 Å². The molecule has 5 nitrogen and oxygen atoms in total. The van der Waals surface area contributed by atoms with Crippen LogP contribution in [0.2, 0.25) is 0 Å². The van der Waals surface area contributed by atoms with Crippen molar-refractivity contribution in [1.82, 2.24) is 14.9 Å². The van der Waals surface area contributed by atoms with Gasteiger partial charge in [-0.3, -0.25) is 4.79 Å². The van der Waals surface area contributed by atoms with Gasteiger partial charge in [-0.2, -0.15) is 0 Å². The molecule has 1 unspecified atom stereocenters. The Morgan fingerprint density at radius 1 is 1.00 bits per heavy atom. The molecule has 1 aromatic heterocycles. The SMILES string of the molecule is Cc1cccc(C(=O)NC(C)c2nc3ccccc3n2CCOc2ccc(C)cc2C)c1. The lowest BCUT2D eigenvalue weighted by molar-refractivity contribution is 0.0937. The molecule has 1 heterocycles. The van der Waals surface area contributed by atoms with Crippen molar-refractivity contribution in [2.45, 2.75) is 40.3 Å². The molecule has 0 radical (unpaired) electrons. The first-order valence-electron chi connectivity index (χ1n) is 10.9. The van der Waals surface area contributed by atoms with Crippen molar-refractivity contribution < 1.29 is 9.53 Å². The van der Waals surface area contributed by atoms with Crippen LogP contribution in [0.1, 0.15) is 45.8 Å². The highest BCUT2D eigenvalue weighted by Gasteiger charge is 2.19. The number of carbonyl (C=O) groups excluding carboxylic acids is 1. The van der Waals surface area contributed by atoms with E-state index in [1.54, 1.807) is 0 Å². The van der Waals surface area contributed by atoms with E-state index in [4.69, 9.17) is 9.72 Å². The minimum atomic E-state index is -0.253. The van der Waals surface area contributed by atoms with Gasteiger partial charge in [0.15, 0.2) is 0 Å². The van der Waals surface area contributed by atoms with Gasteiger partial charge in [0.25, 0.3) is 5.91 Å². The molecule has 1 N–H and O–H groups in total. The van der Waals surface area contributed by atoms with Gasteiger partial charge in [-0.15, -0.1) is 0 Å². The number of hydrogen-bond donors (Lipinski definition) is 1. The molecular weight excluding hydrogens is 398 g/mol. The van der Waals surface area contributed by atoms with Crippen molar-refractivity contribution in [3.05, 3.63) is 94.8 Å². The second-order valence-electron chi connectivity index (χ2n) is 8.29. The van der Waals surface area contributed by atoms with E-state index in [-0.39, 0.29) is 11.9 Å². The van der Waals surface area contributed by atoms with Gasteiger partial charge in [0, 0.05) is 5.56 Å². The highest BCUT2D eigenvalue weighted by atomic mass is 16.5. The Morgan fingerprint density at radius 3 is 2.56 bits per heavy atom. The Labute approximate surface area is 189 Å². The van der Waals surface area contributed by atoms with Crippen molar-refractivity contribution in [3.8, 4) is 5.75 Å². The molecular formula is C27H29N3O2. The number of rotatable bonds is 7. The van der Waals surface area contributed by atoms with Crippen molar-refractivity contribution in [3.63, 3.8) is 0 Å². The van der Waals surface area contributed by atoms with Gasteiger partial charge in [0.2, 0.25) is 0 Å². The Bertz CT molecular complexity index is 1260. The summed E-state index contributed by atoms with van der Waals surface area (Å²) in [4.78, 5) is 17.6. The molecule has 4 aromatic rings. The lowest BCUT2D eigenvalue weighted by Gasteiger charge is -2.17. The highest BCUT2D eigenvalue weighted by Crippen LogP contribution is 2.23. The average Bonchev–Trinajstić information content (AvgIpc) is 3.14. The van der Waals surface area contributed by atoms with Crippen LogP contribution in [-0.4, -0.2) is 22.1 Å². The molecule has 0 fully saturated rings. The number of para-hydroxylation sites is 2. The summed E-state index contributed by atoms with van der Waals surface area (Å²) < 4.78 is 8.22. The minimum absolute atomic E-state index is 0.105. The summed E-state index contributed by atoms with van der Waals surface area (Å²) in [6.07, 6.45) is 0. The lowest BCUT2D eigenvalue weighted by Crippen LogP contribution is -2.29. The summed E-state index contributed by atoms with van der Waals surface area (Å²) in [5.74, 6) is 1.60. The molecule has 0 aliphatic rings. The van der Waals surface area contributed by atoms with Gasteiger partial charge in [0.05, 0.1) is 23.6 Å². The number of carbonyl (C=O) groups is 1. The number of fused-ring (bicyclic) bond motifs is 1. The van der Waals surface area contributed by atoms with Gasteiger partial charge >= 0.3 is 0 Å². The smallest absolute Gasteiger partial charge is 0.251 e. The number of aromatic nitrogens is 2. The predicted octanol–water partition coefficient (Wildman–Crippen LogP) is 5.53. The molecule has 5 heteroatoms. The molecule has 0 aliphatic heterocycles. The number of aryl methyl sites for hydroxylation is 3. The van der Waals surface area contributed by atoms with E-state index in [0.29, 0.717) is 18.7 Å². The summed E-state index contributed by atoms with van der Waals surface area (Å²) in [5.41, 5.74) is 5.99. The summed E-state index contributed by atoms with van der Waals surface area (Å²) in [6, 6.07) is 21.6. The molecule has 0 aliphatic carbocycles. The topological polar surface area (TPSA) is 56.2 Å². The molecule has 0 saturated heterocycles. The van der Waals surface area contributed by atoms with E-state index in [9.17, 15) is 4.79 Å². The molecule has 1 amide bonds. The minimum Gasteiger partial charge on any atom is -0.491 e. The summed E-state index contributed by atoms with van der Waals surface area (Å²) in [7, 11) is 0. The molecule has 0 spiro atoms. The number of ether oxygens (including phenoxy) is 1. The molecule has 0 bridgehead atoms. The fourth-order valence-corrected chi connectivity index (χ4v) is 4.00. The number of benzene rings is 3. The number of hydrogen-bond acceptors (Lipinski definition) is 3. The van der Waals surface area contributed by atoms with Crippen molar-refractivity contribution in [2.75, 3.05) is 6.61 Å². The molecule has 0 saturated carbocycles. The number of amides is 1. The van der Waals surface area contributed by atoms with Crippen molar-refractivity contribution in [2.24, 2.45) is 0 Å². The molecule has 4 rings (SSSR count). The van der Waals surface area contributed by atoms with Crippen LogP contribution in [0.15, 0.2) is 66.7 Å². The first kappa shape index (κ1) is 21.6. The van der Waals surface area contributed by atoms with Crippen LogP contribution in [0.5, 0.6) is 5.75 Å².